The van der Waals surface area contributed by atoms with Crippen LogP contribution < -0.4 is 0 Å². The first-order valence-corrected chi connectivity index (χ1v) is 7.08. The van der Waals surface area contributed by atoms with E-state index in [2.05, 4.69) is 0 Å². The number of carbonyl (C=O) groups is 3. The largest absolute Gasteiger partial charge is 0.465 e. The van der Waals surface area contributed by atoms with Crippen molar-refractivity contribution in [1.82, 2.24) is 4.90 Å². The van der Waals surface area contributed by atoms with E-state index in [1.165, 1.54) is 12.3 Å². The van der Waals surface area contributed by atoms with Gasteiger partial charge in [-0.25, -0.2) is 0 Å². The third kappa shape index (κ3) is 3.98. The van der Waals surface area contributed by atoms with Crippen molar-refractivity contribution in [3.05, 3.63) is 29.1 Å². The van der Waals surface area contributed by atoms with Crippen LogP contribution in [0.15, 0.2) is 27.7 Å². The quantitative estimate of drug-likeness (QED) is 0.631. The molecule has 0 N–H and O–H groups in total. The smallest absolute Gasteiger partial charge is 0.326 e. The molecule has 0 atom stereocenters. The average molecular weight is 309 g/mol. The van der Waals surface area contributed by atoms with Crippen LogP contribution in [0.4, 0.5) is 4.79 Å². The first-order valence-electron chi connectivity index (χ1n) is 6.27. The Kier molecular flexibility index (Phi) is 4.22. The summed E-state index contributed by atoms with van der Waals surface area (Å²) in [5.41, 5.74) is -0.664. The molecule has 1 aliphatic rings. The normalized spacial score (nSPS) is 17.7. The number of thioether (sulfide) groups is 1. The summed E-state index contributed by atoms with van der Waals surface area (Å²) in [5.74, 6) is -0.672. The number of esters is 1. The maximum atomic E-state index is 12.1. The number of amides is 2. The lowest BCUT2D eigenvalue weighted by Crippen LogP contribution is -2.37. The maximum absolute atomic E-state index is 12.1. The summed E-state index contributed by atoms with van der Waals surface area (Å²) < 4.78 is 10.2. The van der Waals surface area contributed by atoms with E-state index in [0.29, 0.717) is 5.76 Å². The fraction of sp³-hybridized carbons (Fsp3) is 0.357. The Labute approximate surface area is 126 Å². The summed E-state index contributed by atoms with van der Waals surface area (Å²) in [6, 6.07) is 3.35. The van der Waals surface area contributed by atoms with Gasteiger partial charge in [0.1, 0.15) is 17.9 Å². The Bertz CT molecular complexity index is 597. The van der Waals surface area contributed by atoms with Crippen LogP contribution in [0.5, 0.6) is 0 Å². The second kappa shape index (κ2) is 5.77. The minimum absolute atomic E-state index is 0.221. The van der Waals surface area contributed by atoms with Crippen LogP contribution in [-0.4, -0.2) is 34.2 Å². The number of furan rings is 1. The lowest BCUT2D eigenvalue weighted by atomic mass is 10.2. The molecule has 0 aliphatic carbocycles. The van der Waals surface area contributed by atoms with Gasteiger partial charge in [0.15, 0.2) is 0 Å². The van der Waals surface area contributed by atoms with E-state index < -0.39 is 29.3 Å². The molecule has 0 aromatic carbocycles. The summed E-state index contributed by atoms with van der Waals surface area (Å²) >= 11 is 0.771. The molecule has 0 bridgehead atoms. The summed E-state index contributed by atoms with van der Waals surface area (Å²) in [5, 5.41) is -0.497. The zero-order valence-electron chi connectivity index (χ0n) is 11.9. The van der Waals surface area contributed by atoms with Gasteiger partial charge in [-0.3, -0.25) is 19.3 Å². The Morgan fingerprint density at radius 3 is 2.71 bits per heavy atom. The third-order valence-corrected chi connectivity index (χ3v) is 3.30. The molecule has 21 heavy (non-hydrogen) atoms. The fourth-order valence-corrected chi connectivity index (χ4v) is 2.46. The standard InChI is InChI=1S/C14H15NO5S/c1-14(2,3)20-11(16)8-15-12(17)10(21-13(15)18)7-9-5-4-6-19-9/h4-7H,8H2,1-3H3/b10-7-. The molecule has 6 nitrogen and oxygen atoms in total. The predicted octanol–water partition coefficient (Wildman–Crippen LogP) is 2.66. The number of imide groups is 1. The highest BCUT2D eigenvalue weighted by atomic mass is 32.2. The Morgan fingerprint density at radius 2 is 2.14 bits per heavy atom. The predicted molar refractivity (Wildman–Crippen MR) is 77.2 cm³/mol. The molecule has 0 unspecified atom stereocenters. The van der Waals surface area contributed by atoms with E-state index in [1.54, 1.807) is 32.9 Å². The highest BCUT2D eigenvalue weighted by molar-refractivity contribution is 8.18. The molecular formula is C14H15NO5S. The second-order valence-electron chi connectivity index (χ2n) is 5.37. The number of rotatable bonds is 3. The van der Waals surface area contributed by atoms with Gasteiger partial charge in [0, 0.05) is 6.08 Å². The Morgan fingerprint density at radius 1 is 1.43 bits per heavy atom. The van der Waals surface area contributed by atoms with E-state index in [0.717, 1.165) is 16.7 Å². The highest BCUT2D eigenvalue weighted by Crippen LogP contribution is 2.32. The molecule has 1 aliphatic heterocycles. The SMILES string of the molecule is CC(C)(C)OC(=O)CN1C(=O)S/C(=C\c2ccco2)C1=O. The number of ether oxygens (including phenoxy) is 1. The number of nitrogens with zero attached hydrogens (tertiary/aromatic N) is 1. The third-order valence-electron chi connectivity index (χ3n) is 2.40. The molecule has 1 fully saturated rings. The van der Waals surface area contributed by atoms with Gasteiger partial charge in [-0.15, -0.1) is 0 Å². The molecule has 7 heteroatoms. The van der Waals surface area contributed by atoms with E-state index in [4.69, 9.17) is 9.15 Å². The van der Waals surface area contributed by atoms with Crippen LogP contribution in [0.1, 0.15) is 26.5 Å². The number of carbonyl (C=O) groups excluding carboxylic acids is 3. The summed E-state index contributed by atoms with van der Waals surface area (Å²) in [6.45, 7) is 4.76. The van der Waals surface area contributed by atoms with Crippen LogP contribution in [0.25, 0.3) is 6.08 Å². The van der Waals surface area contributed by atoms with Crippen LogP contribution >= 0.6 is 11.8 Å². The summed E-state index contributed by atoms with van der Waals surface area (Å²) in [7, 11) is 0. The zero-order valence-corrected chi connectivity index (χ0v) is 12.7. The van der Waals surface area contributed by atoms with Crippen LogP contribution in [0.3, 0.4) is 0 Å². The molecule has 1 aromatic rings. The highest BCUT2D eigenvalue weighted by Gasteiger charge is 2.37. The van der Waals surface area contributed by atoms with E-state index in [9.17, 15) is 14.4 Å². The zero-order chi connectivity index (χ0) is 15.6. The van der Waals surface area contributed by atoms with Gasteiger partial charge in [0.25, 0.3) is 11.1 Å². The molecular weight excluding hydrogens is 294 g/mol. The van der Waals surface area contributed by atoms with Gasteiger partial charge in [-0.1, -0.05) is 0 Å². The molecule has 2 heterocycles. The van der Waals surface area contributed by atoms with E-state index >= 15 is 0 Å². The lowest BCUT2D eigenvalue weighted by Gasteiger charge is -2.21. The van der Waals surface area contributed by atoms with Gasteiger partial charge in [0.05, 0.1) is 11.2 Å². The van der Waals surface area contributed by atoms with Crippen molar-refractivity contribution in [1.29, 1.82) is 0 Å². The number of hydrogen-bond acceptors (Lipinski definition) is 6. The minimum Gasteiger partial charge on any atom is -0.465 e. The lowest BCUT2D eigenvalue weighted by molar-refractivity contribution is -0.156. The van der Waals surface area contributed by atoms with Crippen molar-refractivity contribution < 1.29 is 23.5 Å². The van der Waals surface area contributed by atoms with Crippen molar-refractivity contribution in [2.75, 3.05) is 6.54 Å². The van der Waals surface area contributed by atoms with Gasteiger partial charge < -0.3 is 9.15 Å². The fourth-order valence-electron chi connectivity index (χ4n) is 1.64. The van der Waals surface area contributed by atoms with Crippen LogP contribution in [0, 0.1) is 0 Å². The van der Waals surface area contributed by atoms with Crippen molar-refractivity contribution in [2.24, 2.45) is 0 Å². The number of hydrogen-bond donors (Lipinski definition) is 0. The maximum Gasteiger partial charge on any atom is 0.326 e. The molecule has 0 saturated carbocycles. The van der Waals surface area contributed by atoms with Crippen LogP contribution in [-0.2, 0) is 14.3 Å². The minimum atomic E-state index is -0.664. The molecule has 1 aromatic heterocycles. The second-order valence-corrected chi connectivity index (χ2v) is 6.36. The summed E-state index contributed by atoms with van der Waals surface area (Å²) in [6.07, 6.45) is 2.94. The van der Waals surface area contributed by atoms with E-state index in [-0.39, 0.29) is 4.91 Å². The van der Waals surface area contributed by atoms with Crippen LogP contribution in [0.2, 0.25) is 0 Å². The van der Waals surface area contributed by atoms with Crippen molar-refractivity contribution >= 4 is 35.0 Å². The molecule has 0 radical (unpaired) electrons. The van der Waals surface area contributed by atoms with E-state index in [1.807, 2.05) is 0 Å². The van der Waals surface area contributed by atoms with Gasteiger partial charge >= 0.3 is 5.97 Å². The molecule has 112 valence electrons. The Balaban J connectivity index is 2.07. The Hall–Kier alpha value is -2.02. The molecule has 1 saturated heterocycles. The van der Waals surface area contributed by atoms with Crippen molar-refractivity contribution in [3.63, 3.8) is 0 Å². The van der Waals surface area contributed by atoms with Gasteiger partial charge in [0.2, 0.25) is 0 Å². The average Bonchev–Trinajstić information content (AvgIpc) is 2.92. The first-order chi connectivity index (χ1) is 9.76. The topological polar surface area (TPSA) is 76.8 Å². The first kappa shape index (κ1) is 15.4. The molecule has 2 amide bonds. The monoisotopic (exact) mass is 309 g/mol. The summed E-state index contributed by atoms with van der Waals surface area (Å²) in [4.78, 5) is 36.7. The molecule has 2 rings (SSSR count). The van der Waals surface area contributed by atoms with Gasteiger partial charge in [-0.2, -0.15) is 0 Å². The van der Waals surface area contributed by atoms with Gasteiger partial charge in [-0.05, 0) is 44.7 Å². The van der Waals surface area contributed by atoms with Crippen molar-refractivity contribution in [3.8, 4) is 0 Å². The van der Waals surface area contributed by atoms with Crippen molar-refractivity contribution in [2.45, 2.75) is 26.4 Å². The molecule has 0 spiro atoms.